The average Bonchev–Trinajstić information content (AvgIpc) is 3.22. The summed E-state index contributed by atoms with van der Waals surface area (Å²) >= 11 is 0. The van der Waals surface area contributed by atoms with Crippen LogP contribution in [-0.4, -0.2) is 25.8 Å². The molecule has 1 aliphatic rings. The lowest BCUT2D eigenvalue weighted by molar-refractivity contribution is -0.671. The van der Waals surface area contributed by atoms with Crippen molar-refractivity contribution in [3.8, 4) is 0 Å². The maximum atomic E-state index is 4.85. The minimum atomic E-state index is 1.01. The highest BCUT2D eigenvalue weighted by Gasteiger charge is 2.17. The van der Waals surface area contributed by atoms with Crippen LogP contribution in [-0.2, 0) is 7.05 Å². The molecule has 0 N–H and O–H groups in total. The van der Waals surface area contributed by atoms with E-state index in [0.29, 0.717) is 0 Å². The van der Waals surface area contributed by atoms with Gasteiger partial charge in [0.05, 0.1) is 11.4 Å². The number of rotatable bonds is 4. The summed E-state index contributed by atoms with van der Waals surface area (Å²) in [5.74, 6) is 0. The molecule has 4 nitrogen and oxygen atoms in total. The third-order valence-electron chi connectivity index (χ3n) is 5.37. The molecule has 1 aliphatic heterocycles. The van der Waals surface area contributed by atoms with Crippen molar-refractivity contribution in [2.24, 2.45) is 12.1 Å². The summed E-state index contributed by atoms with van der Waals surface area (Å²) in [6, 6.07) is 17.3. The van der Waals surface area contributed by atoms with E-state index in [9.17, 15) is 0 Å². The molecule has 2 heterocycles. The third-order valence-corrected chi connectivity index (χ3v) is 5.37. The molecule has 1 aromatic heterocycles. The lowest BCUT2D eigenvalue weighted by Gasteiger charge is -2.23. The largest absolute Gasteiger partial charge is 0.371 e. The monoisotopic (exact) mass is 359 g/mol. The normalized spacial score (nSPS) is 14.8. The van der Waals surface area contributed by atoms with Crippen molar-refractivity contribution >= 4 is 27.9 Å². The minimum absolute atomic E-state index is 1.01. The number of hydrazone groups is 1. The van der Waals surface area contributed by atoms with Crippen molar-refractivity contribution in [3.63, 3.8) is 0 Å². The molecule has 4 heteroatoms. The third kappa shape index (κ3) is 3.52. The number of aryl methyl sites for hydroxylation is 1. The Morgan fingerprint density at radius 3 is 2.33 bits per heavy atom. The molecule has 138 valence electrons. The number of hydrogen-bond donors (Lipinski definition) is 0. The lowest BCUT2D eigenvalue weighted by Crippen LogP contribution is -2.26. The summed E-state index contributed by atoms with van der Waals surface area (Å²) in [4.78, 5) is 2.50. The number of pyridine rings is 1. The van der Waals surface area contributed by atoms with Crippen LogP contribution >= 0.6 is 0 Å². The maximum absolute atomic E-state index is 4.85. The van der Waals surface area contributed by atoms with E-state index in [0.717, 1.165) is 30.1 Å². The maximum Gasteiger partial charge on any atom is 0.169 e. The van der Waals surface area contributed by atoms with Gasteiger partial charge in [0.25, 0.3) is 0 Å². The predicted octanol–water partition coefficient (Wildman–Crippen LogP) is 4.12. The molecule has 3 aromatic rings. The van der Waals surface area contributed by atoms with E-state index >= 15 is 0 Å². The van der Waals surface area contributed by atoms with Gasteiger partial charge in [0.15, 0.2) is 12.4 Å². The van der Waals surface area contributed by atoms with Crippen molar-refractivity contribution in [1.82, 2.24) is 0 Å². The number of hydrogen-bond acceptors (Lipinski definition) is 3. The molecule has 4 rings (SSSR count). The highest BCUT2D eigenvalue weighted by Crippen LogP contribution is 2.35. The molecule has 0 bridgehead atoms. The fourth-order valence-electron chi connectivity index (χ4n) is 3.86. The van der Waals surface area contributed by atoms with Crippen LogP contribution in [0.15, 0.2) is 66.0 Å². The van der Waals surface area contributed by atoms with E-state index in [-0.39, 0.29) is 0 Å². The Morgan fingerprint density at radius 1 is 0.963 bits per heavy atom. The van der Waals surface area contributed by atoms with Crippen LogP contribution in [0.25, 0.3) is 10.8 Å². The fourth-order valence-corrected chi connectivity index (χ4v) is 3.86. The molecule has 27 heavy (non-hydrogen) atoms. The Balaban J connectivity index is 1.72. The molecular formula is C23H27N4+. The van der Waals surface area contributed by atoms with Crippen LogP contribution < -0.4 is 14.5 Å². The summed E-state index contributed by atoms with van der Waals surface area (Å²) in [5, 5.41) is 9.41. The Kier molecular flexibility index (Phi) is 4.80. The molecule has 0 unspecified atom stereocenters. The molecular weight excluding hydrogens is 332 g/mol. The second kappa shape index (κ2) is 7.39. The van der Waals surface area contributed by atoms with E-state index < -0.39 is 0 Å². The minimum Gasteiger partial charge on any atom is -0.371 e. The number of fused-ring (bicyclic) bond motifs is 1. The molecule has 0 radical (unpaired) electrons. The number of aromatic nitrogens is 1. The quantitative estimate of drug-likeness (QED) is 0.397. The Bertz CT molecular complexity index is 969. The van der Waals surface area contributed by atoms with Crippen molar-refractivity contribution in [2.45, 2.75) is 19.8 Å². The first-order chi connectivity index (χ1) is 13.1. The molecule has 0 saturated carbocycles. The van der Waals surface area contributed by atoms with Crippen LogP contribution in [0.4, 0.5) is 11.4 Å². The predicted molar refractivity (Wildman–Crippen MR) is 114 cm³/mol. The number of anilines is 2. The topological polar surface area (TPSA) is 22.7 Å². The summed E-state index contributed by atoms with van der Waals surface area (Å²) in [6.07, 6.45) is 6.67. The summed E-state index contributed by atoms with van der Waals surface area (Å²) in [7, 11) is 4.06. The van der Waals surface area contributed by atoms with Gasteiger partial charge in [0.2, 0.25) is 0 Å². The van der Waals surface area contributed by atoms with Crippen LogP contribution in [0.1, 0.15) is 25.3 Å². The van der Waals surface area contributed by atoms with Crippen molar-refractivity contribution in [3.05, 3.63) is 66.5 Å². The van der Waals surface area contributed by atoms with Crippen LogP contribution in [0.3, 0.4) is 0 Å². The van der Waals surface area contributed by atoms with Gasteiger partial charge >= 0.3 is 0 Å². The van der Waals surface area contributed by atoms with Crippen LogP contribution in [0.5, 0.6) is 0 Å². The zero-order chi connectivity index (χ0) is 18.8. The number of nitrogens with zero attached hydrogens (tertiary/aromatic N) is 4. The van der Waals surface area contributed by atoms with Gasteiger partial charge in [-0.3, -0.25) is 5.01 Å². The highest BCUT2D eigenvalue weighted by molar-refractivity contribution is 6.03. The molecule has 0 aliphatic carbocycles. The Morgan fingerprint density at radius 2 is 1.63 bits per heavy atom. The van der Waals surface area contributed by atoms with Gasteiger partial charge in [-0.15, -0.1) is 0 Å². The standard InChI is InChI=1S/C23H27N4/c1-18(19-12-16-25(2)17-13-19)24-26(3)22-10-11-23(27-14-6-7-15-27)21-9-5-4-8-20(21)22/h4-5,8-13,16-17H,6-7,14-15H2,1-3H3/q+1. The first-order valence-corrected chi connectivity index (χ1v) is 9.65. The average molecular weight is 359 g/mol. The second-order valence-electron chi connectivity index (χ2n) is 7.30. The zero-order valence-electron chi connectivity index (χ0n) is 16.4. The van der Waals surface area contributed by atoms with E-state index in [1.165, 1.54) is 29.3 Å². The number of benzene rings is 2. The smallest absolute Gasteiger partial charge is 0.169 e. The van der Waals surface area contributed by atoms with E-state index in [2.05, 4.69) is 72.7 Å². The molecule has 0 atom stereocenters. The van der Waals surface area contributed by atoms with Gasteiger partial charge in [-0.25, -0.2) is 4.57 Å². The van der Waals surface area contributed by atoms with Crippen molar-refractivity contribution in [2.75, 3.05) is 30.0 Å². The van der Waals surface area contributed by atoms with Gasteiger partial charge in [-0.1, -0.05) is 24.3 Å². The van der Waals surface area contributed by atoms with Crippen molar-refractivity contribution in [1.29, 1.82) is 0 Å². The first-order valence-electron chi connectivity index (χ1n) is 9.65. The SMILES string of the molecule is CC(=NN(C)c1ccc(N2CCCC2)c2ccccc12)c1cc[n+](C)cc1. The fraction of sp³-hybridized carbons (Fsp3) is 0.304. The van der Waals surface area contributed by atoms with Gasteiger partial charge in [0, 0.05) is 54.3 Å². The zero-order valence-corrected chi connectivity index (χ0v) is 16.4. The molecule has 0 spiro atoms. The van der Waals surface area contributed by atoms with E-state index in [1.807, 2.05) is 23.7 Å². The molecule has 2 aromatic carbocycles. The molecule has 0 amide bonds. The Labute approximate surface area is 161 Å². The van der Waals surface area contributed by atoms with Crippen molar-refractivity contribution < 1.29 is 4.57 Å². The van der Waals surface area contributed by atoms with E-state index in [1.54, 1.807) is 0 Å². The van der Waals surface area contributed by atoms with Gasteiger partial charge in [0.1, 0.15) is 7.05 Å². The molecule has 1 fully saturated rings. The van der Waals surface area contributed by atoms with Gasteiger partial charge in [-0.2, -0.15) is 5.10 Å². The second-order valence-corrected chi connectivity index (χ2v) is 7.30. The van der Waals surface area contributed by atoms with Gasteiger partial charge < -0.3 is 4.90 Å². The molecule has 1 saturated heterocycles. The lowest BCUT2D eigenvalue weighted by atomic mass is 10.1. The highest BCUT2D eigenvalue weighted by atomic mass is 15.4. The summed E-state index contributed by atoms with van der Waals surface area (Å²) in [5.41, 5.74) is 4.62. The van der Waals surface area contributed by atoms with Gasteiger partial charge in [-0.05, 0) is 31.9 Å². The van der Waals surface area contributed by atoms with Crippen LogP contribution in [0, 0.1) is 0 Å². The Hall–Kier alpha value is -2.88. The summed E-state index contributed by atoms with van der Waals surface area (Å²) in [6.45, 7) is 4.37. The van der Waals surface area contributed by atoms with Crippen LogP contribution in [0.2, 0.25) is 0 Å². The summed E-state index contributed by atoms with van der Waals surface area (Å²) < 4.78 is 2.03. The van der Waals surface area contributed by atoms with E-state index in [4.69, 9.17) is 5.10 Å². The first kappa shape index (κ1) is 17.5.